The zero-order valence-electron chi connectivity index (χ0n) is 14.9. The largest absolute Gasteiger partial charge is 0.461 e. The van der Waals surface area contributed by atoms with Crippen LogP contribution in [0.2, 0.25) is 0 Å². The van der Waals surface area contributed by atoms with Crippen molar-refractivity contribution >= 4 is 17.7 Å². The summed E-state index contributed by atoms with van der Waals surface area (Å²) in [5, 5.41) is 11.5. The van der Waals surface area contributed by atoms with Crippen molar-refractivity contribution in [3.05, 3.63) is 53.3 Å². The standard InChI is InChI=1S/C18H21N5O2S/c1-11-6-7-14(9-12(11)2)13(3)20-16(24)10-26-18-22-21-17(23(18)19)15-5-4-8-25-15/h4-9,13H,10,19H2,1-3H3,(H,20,24)/t13-/m0/s1. The van der Waals surface area contributed by atoms with Gasteiger partial charge in [-0.05, 0) is 49.6 Å². The molecule has 1 amide bonds. The van der Waals surface area contributed by atoms with Crippen molar-refractivity contribution in [2.45, 2.75) is 32.0 Å². The van der Waals surface area contributed by atoms with Gasteiger partial charge < -0.3 is 15.6 Å². The van der Waals surface area contributed by atoms with Gasteiger partial charge in [-0.25, -0.2) is 4.68 Å². The van der Waals surface area contributed by atoms with Crippen LogP contribution in [0.1, 0.15) is 29.7 Å². The molecule has 0 aliphatic heterocycles. The van der Waals surface area contributed by atoms with E-state index in [2.05, 4.69) is 41.5 Å². The first-order valence-electron chi connectivity index (χ1n) is 8.19. The van der Waals surface area contributed by atoms with Crippen molar-refractivity contribution in [2.24, 2.45) is 0 Å². The van der Waals surface area contributed by atoms with Crippen molar-refractivity contribution in [3.63, 3.8) is 0 Å². The molecular formula is C18H21N5O2S. The minimum absolute atomic E-state index is 0.0724. The molecule has 0 bridgehead atoms. The van der Waals surface area contributed by atoms with E-state index < -0.39 is 0 Å². The first-order valence-corrected chi connectivity index (χ1v) is 9.18. The molecule has 0 radical (unpaired) electrons. The fraction of sp³-hybridized carbons (Fsp3) is 0.278. The van der Waals surface area contributed by atoms with Crippen molar-refractivity contribution < 1.29 is 9.21 Å². The predicted octanol–water partition coefficient (Wildman–Crippen LogP) is 2.84. The summed E-state index contributed by atoms with van der Waals surface area (Å²) >= 11 is 1.23. The van der Waals surface area contributed by atoms with Crippen LogP contribution in [0.25, 0.3) is 11.6 Å². The number of nitrogens with two attached hydrogens (primary N) is 1. The molecule has 0 aliphatic carbocycles. The lowest BCUT2D eigenvalue weighted by Crippen LogP contribution is -2.28. The van der Waals surface area contributed by atoms with Gasteiger partial charge in [0.15, 0.2) is 5.76 Å². The second-order valence-corrected chi connectivity index (χ2v) is 7.02. The Morgan fingerprint density at radius 1 is 1.31 bits per heavy atom. The lowest BCUT2D eigenvalue weighted by Gasteiger charge is -2.15. The number of aryl methyl sites for hydroxylation is 2. The first kappa shape index (κ1) is 18.1. The number of furan rings is 1. The number of nitrogens with one attached hydrogen (secondary N) is 1. The number of thioether (sulfide) groups is 1. The van der Waals surface area contributed by atoms with E-state index in [1.807, 2.05) is 13.0 Å². The van der Waals surface area contributed by atoms with E-state index in [-0.39, 0.29) is 17.7 Å². The number of amides is 1. The van der Waals surface area contributed by atoms with Crippen LogP contribution in [0.4, 0.5) is 0 Å². The highest BCUT2D eigenvalue weighted by molar-refractivity contribution is 7.99. The molecule has 136 valence electrons. The minimum Gasteiger partial charge on any atom is -0.461 e. The number of carbonyl (C=O) groups is 1. The summed E-state index contributed by atoms with van der Waals surface area (Å²) in [6.07, 6.45) is 1.54. The Bertz CT molecular complexity index is 904. The van der Waals surface area contributed by atoms with E-state index in [0.29, 0.717) is 16.7 Å². The third kappa shape index (κ3) is 3.91. The fourth-order valence-corrected chi connectivity index (χ4v) is 3.15. The van der Waals surface area contributed by atoms with Crippen LogP contribution in [0.15, 0.2) is 46.2 Å². The van der Waals surface area contributed by atoms with Crippen molar-refractivity contribution in [1.82, 2.24) is 20.2 Å². The van der Waals surface area contributed by atoms with E-state index in [9.17, 15) is 4.79 Å². The summed E-state index contributed by atoms with van der Waals surface area (Å²) in [6.45, 7) is 6.10. The Morgan fingerprint density at radius 2 is 2.12 bits per heavy atom. The molecule has 0 unspecified atom stereocenters. The highest BCUT2D eigenvalue weighted by atomic mass is 32.2. The van der Waals surface area contributed by atoms with Crippen molar-refractivity contribution in [1.29, 1.82) is 0 Å². The quantitative estimate of drug-likeness (QED) is 0.511. The number of hydrogen-bond acceptors (Lipinski definition) is 6. The fourth-order valence-electron chi connectivity index (χ4n) is 2.48. The van der Waals surface area contributed by atoms with Gasteiger partial charge in [-0.3, -0.25) is 4.79 Å². The molecule has 3 rings (SSSR count). The van der Waals surface area contributed by atoms with E-state index in [4.69, 9.17) is 10.3 Å². The zero-order valence-corrected chi connectivity index (χ0v) is 15.7. The number of nitrogen functional groups attached to an aromatic ring is 1. The summed E-state index contributed by atoms with van der Waals surface area (Å²) in [5.41, 5.74) is 3.52. The maximum atomic E-state index is 12.3. The number of benzene rings is 1. The summed E-state index contributed by atoms with van der Waals surface area (Å²) < 4.78 is 6.59. The van der Waals surface area contributed by atoms with Gasteiger partial charge >= 0.3 is 0 Å². The summed E-state index contributed by atoms with van der Waals surface area (Å²) in [6, 6.07) is 9.62. The zero-order chi connectivity index (χ0) is 18.7. The minimum atomic E-state index is -0.0942. The van der Waals surface area contributed by atoms with Gasteiger partial charge in [-0.15, -0.1) is 10.2 Å². The maximum absolute atomic E-state index is 12.3. The average Bonchev–Trinajstić information content (AvgIpc) is 3.25. The molecule has 0 aliphatic rings. The van der Waals surface area contributed by atoms with Gasteiger partial charge in [-0.1, -0.05) is 30.0 Å². The van der Waals surface area contributed by atoms with Gasteiger partial charge in [0.1, 0.15) is 0 Å². The Labute approximate surface area is 156 Å². The first-order chi connectivity index (χ1) is 12.5. The SMILES string of the molecule is Cc1ccc([C@H](C)NC(=O)CSc2nnc(-c3ccco3)n2N)cc1C. The lowest BCUT2D eigenvalue weighted by atomic mass is 10.0. The highest BCUT2D eigenvalue weighted by Crippen LogP contribution is 2.22. The van der Waals surface area contributed by atoms with Crippen LogP contribution in [-0.4, -0.2) is 26.5 Å². The number of aromatic nitrogens is 3. The molecule has 0 saturated heterocycles. The predicted molar refractivity (Wildman–Crippen MR) is 101 cm³/mol. The highest BCUT2D eigenvalue weighted by Gasteiger charge is 2.16. The van der Waals surface area contributed by atoms with Crippen LogP contribution in [0.3, 0.4) is 0 Å². The molecule has 1 atom stereocenters. The molecule has 0 saturated carbocycles. The summed E-state index contributed by atoms with van der Waals surface area (Å²) in [7, 11) is 0. The van der Waals surface area contributed by atoms with E-state index in [0.717, 1.165) is 5.56 Å². The lowest BCUT2D eigenvalue weighted by molar-refractivity contribution is -0.119. The summed E-state index contributed by atoms with van der Waals surface area (Å²) in [4.78, 5) is 12.3. The molecule has 8 heteroatoms. The number of nitrogens with zero attached hydrogens (tertiary/aromatic N) is 3. The van der Waals surface area contributed by atoms with Crippen molar-refractivity contribution in [3.8, 4) is 11.6 Å². The topological polar surface area (TPSA) is 99.0 Å². The molecule has 2 aromatic heterocycles. The Morgan fingerprint density at radius 3 is 2.81 bits per heavy atom. The molecule has 7 nitrogen and oxygen atoms in total. The van der Waals surface area contributed by atoms with Crippen LogP contribution in [-0.2, 0) is 4.79 Å². The third-order valence-corrected chi connectivity index (χ3v) is 5.09. The van der Waals surface area contributed by atoms with Gasteiger partial charge in [0, 0.05) is 0 Å². The van der Waals surface area contributed by atoms with Gasteiger partial charge in [0.2, 0.25) is 16.9 Å². The van der Waals surface area contributed by atoms with Crippen LogP contribution in [0, 0.1) is 13.8 Å². The Balaban J connectivity index is 1.58. The van der Waals surface area contributed by atoms with Crippen molar-refractivity contribution in [2.75, 3.05) is 11.6 Å². The van der Waals surface area contributed by atoms with Gasteiger partial charge in [0.25, 0.3) is 0 Å². The van der Waals surface area contributed by atoms with E-state index in [1.165, 1.54) is 27.6 Å². The second kappa shape index (κ2) is 7.65. The molecule has 0 spiro atoms. The summed E-state index contributed by atoms with van der Waals surface area (Å²) in [5.74, 6) is 7.03. The maximum Gasteiger partial charge on any atom is 0.230 e. The normalized spacial score (nSPS) is 12.1. The average molecular weight is 371 g/mol. The number of rotatable bonds is 6. The molecule has 2 heterocycles. The molecule has 1 aromatic carbocycles. The molecule has 0 fully saturated rings. The second-order valence-electron chi connectivity index (χ2n) is 6.08. The van der Waals surface area contributed by atoms with Crippen LogP contribution >= 0.6 is 11.8 Å². The van der Waals surface area contributed by atoms with Gasteiger partial charge in [0.05, 0.1) is 18.1 Å². The van der Waals surface area contributed by atoms with Crippen LogP contribution in [0.5, 0.6) is 0 Å². The number of hydrogen-bond donors (Lipinski definition) is 2. The molecule has 26 heavy (non-hydrogen) atoms. The van der Waals surface area contributed by atoms with E-state index in [1.54, 1.807) is 18.4 Å². The van der Waals surface area contributed by atoms with Crippen LogP contribution < -0.4 is 11.2 Å². The third-order valence-electron chi connectivity index (χ3n) is 4.15. The molecule has 3 N–H and O–H groups in total. The van der Waals surface area contributed by atoms with E-state index >= 15 is 0 Å². The smallest absolute Gasteiger partial charge is 0.230 e. The number of carbonyl (C=O) groups excluding carboxylic acids is 1. The Kier molecular flexibility index (Phi) is 5.32. The monoisotopic (exact) mass is 371 g/mol. The van der Waals surface area contributed by atoms with Gasteiger partial charge in [-0.2, -0.15) is 0 Å². The Hall–Kier alpha value is -2.74. The molecule has 3 aromatic rings. The molecular weight excluding hydrogens is 350 g/mol.